The maximum atomic E-state index is 10.3. The topological polar surface area (TPSA) is 76.2 Å². The molecule has 1 aromatic rings. The molecule has 1 saturated carbocycles. The third kappa shape index (κ3) is 2.59. The van der Waals surface area contributed by atoms with Crippen molar-refractivity contribution in [3.63, 3.8) is 0 Å². The van der Waals surface area contributed by atoms with Crippen molar-refractivity contribution in [2.24, 2.45) is 0 Å². The van der Waals surface area contributed by atoms with Gasteiger partial charge >= 0.3 is 5.97 Å². The van der Waals surface area contributed by atoms with Gasteiger partial charge in [-0.15, -0.1) is 0 Å². The molecule has 5 heteroatoms. The molecule has 1 aliphatic rings. The molecule has 0 amide bonds. The summed E-state index contributed by atoms with van der Waals surface area (Å²) < 4.78 is 5.13. The first-order valence-electron chi connectivity index (χ1n) is 5.65. The third-order valence-corrected chi connectivity index (χ3v) is 3.04. The van der Waals surface area contributed by atoms with Gasteiger partial charge in [0.2, 0.25) is 5.89 Å². The van der Waals surface area contributed by atoms with Gasteiger partial charge in [-0.3, -0.25) is 4.79 Å². The average Bonchev–Trinajstić information content (AvgIpc) is 2.81. The van der Waals surface area contributed by atoms with Gasteiger partial charge in [0.05, 0.1) is 0 Å². The summed E-state index contributed by atoms with van der Waals surface area (Å²) >= 11 is 0. The molecular weight excluding hydrogens is 208 g/mol. The van der Waals surface area contributed by atoms with E-state index in [1.54, 1.807) is 0 Å². The molecule has 1 aromatic heterocycles. The summed E-state index contributed by atoms with van der Waals surface area (Å²) in [6.45, 7) is 2.13. The molecule has 0 unspecified atom stereocenters. The number of hydrogen-bond acceptors (Lipinski definition) is 4. The summed E-state index contributed by atoms with van der Waals surface area (Å²) in [5.41, 5.74) is 0.142. The van der Waals surface area contributed by atoms with Crippen LogP contribution in [-0.2, 0) is 16.6 Å². The smallest absolute Gasteiger partial charge is 0.303 e. The monoisotopic (exact) mass is 224 g/mol. The predicted octanol–water partition coefficient (Wildman–Crippen LogP) is 1.92. The van der Waals surface area contributed by atoms with Crippen LogP contribution in [0, 0.1) is 0 Å². The van der Waals surface area contributed by atoms with E-state index < -0.39 is 5.97 Å². The second-order valence-corrected chi connectivity index (χ2v) is 4.67. The number of aryl methyl sites for hydroxylation is 1. The van der Waals surface area contributed by atoms with Gasteiger partial charge in [0.15, 0.2) is 5.82 Å². The van der Waals surface area contributed by atoms with Crippen LogP contribution >= 0.6 is 0 Å². The Kier molecular flexibility index (Phi) is 2.94. The lowest BCUT2D eigenvalue weighted by Gasteiger charge is -1.97. The van der Waals surface area contributed by atoms with Gasteiger partial charge in [0.25, 0.3) is 0 Å². The fourth-order valence-corrected chi connectivity index (χ4v) is 1.57. The molecule has 16 heavy (non-hydrogen) atoms. The van der Waals surface area contributed by atoms with Crippen LogP contribution in [0.4, 0.5) is 0 Å². The molecule has 1 fully saturated rings. The van der Waals surface area contributed by atoms with Crippen molar-refractivity contribution < 1.29 is 14.4 Å². The first-order chi connectivity index (χ1) is 7.60. The van der Waals surface area contributed by atoms with Crippen LogP contribution in [0.3, 0.4) is 0 Å². The minimum Gasteiger partial charge on any atom is -0.481 e. The van der Waals surface area contributed by atoms with E-state index in [1.807, 2.05) is 0 Å². The molecule has 0 spiro atoms. The maximum absolute atomic E-state index is 10.3. The van der Waals surface area contributed by atoms with Gasteiger partial charge in [-0.25, -0.2) is 0 Å². The molecule has 1 heterocycles. The first-order valence-corrected chi connectivity index (χ1v) is 5.65. The molecule has 5 nitrogen and oxygen atoms in total. The zero-order valence-corrected chi connectivity index (χ0v) is 9.40. The Bertz CT molecular complexity index is 382. The number of rotatable bonds is 6. The Balaban J connectivity index is 1.77. The average molecular weight is 224 g/mol. The van der Waals surface area contributed by atoms with Crippen LogP contribution in [0.2, 0.25) is 0 Å². The highest BCUT2D eigenvalue weighted by Gasteiger charge is 2.43. The minimum atomic E-state index is -0.753. The first kappa shape index (κ1) is 11.1. The zero-order chi connectivity index (χ0) is 11.6. The van der Waals surface area contributed by atoms with E-state index in [1.165, 1.54) is 0 Å². The maximum Gasteiger partial charge on any atom is 0.303 e. The molecule has 0 saturated heterocycles. The number of unbranched alkanes of at least 4 members (excludes halogenated alkanes) is 1. The van der Waals surface area contributed by atoms with E-state index in [-0.39, 0.29) is 11.8 Å². The van der Waals surface area contributed by atoms with Crippen LogP contribution < -0.4 is 0 Å². The van der Waals surface area contributed by atoms with Crippen LogP contribution in [0.25, 0.3) is 0 Å². The lowest BCUT2D eigenvalue weighted by atomic mass is 10.1. The van der Waals surface area contributed by atoms with Gasteiger partial charge < -0.3 is 9.63 Å². The second-order valence-electron chi connectivity index (χ2n) is 4.67. The van der Waals surface area contributed by atoms with Gasteiger partial charge in [-0.05, 0) is 25.7 Å². The van der Waals surface area contributed by atoms with Crippen molar-refractivity contribution in [3.05, 3.63) is 11.7 Å². The van der Waals surface area contributed by atoms with Crippen LogP contribution in [-0.4, -0.2) is 21.2 Å². The van der Waals surface area contributed by atoms with Crippen LogP contribution in [0.1, 0.15) is 50.7 Å². The molecule has 88 valence electrons. The molecule has 1 aliphatic carbocycles. The number of nitrogens with zero attached hydrogens (tertiary/aromatic N) is 2. The number of carboxylic acids is 1. The Morgan fingerprint density at radius 3 is 2.88 bits per heavy atom. The SMILES string of the molecule is CC1(c2noc(CCCCC(=O)O)n2)CC1. The largest absolute Gasteiger partial charge is 0.481 e. The summed E-state index contributed by atoms with van der Waals surface area (Å²) in [6.07, 6.45) is 4.58. The normalized spacial score (nSPS) is 17.3. The third-order valence-electron chi connectivity index (χ3n) is 3.04. The van der Waals surface area contributed by atoms with E-state index in [2.05, 4.69) is 17.1 Å². The highest BCUT2D eigenvalue weighted by molar-refractivity contribution is 5.66. The lowest BCUT2D eigenvalue weighted by Crippen LogP contribution is -2.02. The van der Waals surface area contributed by atoms with E-state index in [0.717, 1.165) is 25.1 Å². The van der Waals surface area contributed by atoms with Gasteiger partial charge in [-0.2, -0.15) is 4.98 Å². The second kappa shape index (κ2) is 4.23. The van der Waals surface area contributed by atoms with E-state index in [4.69, 9.17) is 9.63 Å². The Hall–Kier alpha value is -1.39. The summed E-state index contributed by atoms with van der Waals surface area (Å²) in [4.78, 5) is 14.6. The van der Waals surface area contributed by atoms with Gasteiger partial charge in [-0.1, -0.05) is 12.1 Å². The van der Waals surface area contributed by atoms with E-state index >= 15 is 0 Å². The molecule has 2 rings (SSSR count). The Labute approximate surface area is 93.9 Å². The highest BCUT2D eigenvalue weighted by atomic mass is 16.5. The summed E-state index contributed by atoms with van der Waals surface area (Å²) in [5.74, 6) is 0.686. The van der Waals surface area contributed by atoms with E-state index in [9.17, 15) is 4.79 Å². The van der Waals surface area contributed by atoms with Crippen molar-refractivity contribution in [2.75, 3.05) is 0 Å². The molecular formula is C11H16N2O3. The van der Waals surface area contributed by atoms with Crippen LogP contribution in [0.15, 0.2) is 4.52 Å². The molecule has 0 bridgehead atoms. The van der Waals surface area contributed by atoms with Crippen molar-refractivity contribution in [3.8, 4) is 0 Å². The van der Waals surface area contributed by atoms with Gasteiger partial charge in [0, 0.05) is 18.3 Å². The van der Waals surface area contributed by atoms with Crippen molar-refractivity contribution >= 4 is 5.97 Å². The molecule has 0 atom stereocenters. The summed E-state index contributed by atoms with van der Waals surface area (Å²) in [5, 5.41) is 12.4. The number of hydrogen-bond donors (Lipinski definition) is 1. The predicted molar refractivity (Wildman–Crippen MR) is 56.1 cm³/mol. The number of aromatic nitrogens is 2. The Morgan fingerprint density at radius 1 is 1.50 bits per heavy atom. The fourth-order valence-electron chi connectivity index (χ4n) is 1.57. The van der Waals surface area contributed by atoms with E-state index in [0.29, 0.717) is 18.7 Å². The Morgan fingerprint density at radius 2 is 2.25 bits per heavy atom. The molecule has 0 radical (unpaired) electrons. The van der Waals surface area contributed by atoms with Crippen LogP contribution in [0.5, 0.6) is 0 Å². The fraction of sp³-hybridized carbons (Fsp3) is 0.727. The quantitative estimate of drug-likeness (QED) is 0.747. The standard InChI is InChI=1S/C11H16N2O3/c1-11(6-7-11)10-12-8(16-13-10)4-2-3-5-9(14)15/h2-7H2,1H3,(H,14,15). The zero-order valence-electron chi connectivity index (χ0n) is 9.40. The molecule has 0 aromatic carbocycles. The van der Waals surface area contributed by atoms with Crippen molar-refractivity contribution in [1.82, 2.24) is 10.1 Å². The lowest BCUT2D eigenvalue weighted by molar-refractivity contribution is -0.137. The molecule has 0 aliphatic heterocycles. The molecule has 1 N–H and O–H groups in total. The van der Waals surface area contributed by atoms with Crippen molar-refractivity contribution in [2.45, 2.75) is 50.9 Å². The summed E-state index contributed by atoms with van der Waals surface area (Å²) in [7, 11) is 0. The number of aliphatic carboxylic acids is 1. The highest BCUT2D eigenvalue weighted by Crippen LogP contribution is 2.45. The number of carboxylic acid groups (broad SMARTS) is 1. The number of carbonyl (C=O) groups is 1. The van der Waals surface area contributed by atoms with Crippen molar-refractivity contribution in [1.29, 1.82) is 0 Å². The minimum absolute atomic E-state index is 0.142. The van der Waals surface area contributed by atoms with Gasteiger partial charge in [0.1, 0.15) is 0 Å². The summed E-state index contributed by atoms with van der Waals surface area (Å²) in [6, 6.07) is 0.